The van der Waals surface area contributed by atoms with E-state index in [-0.39, 0.29) is 0 Å². The molecule has 0 aliphatic rings. The van der Waals surface area contributed by atoms with Crippen molar-refractivity contribution in [1.29, 1.82) is 5.26 Å². The molecule has 0 amide bonds. The molecule has 0 atom stereocenters. The van der Waals surface area contributed by atoms with E-state index in [1.165, 1.54) is 0 Å². The molecule has 0 fully saturated rings. The van der Waals surface area contributed by atoms with Gasteiger partial charge in [0.15, 0.2) is 0 Å². The van der Waals surface area contributed by atoms with Crippen LogP contribution < -0.4 is 10.6 Å². The normalized spacial score (nSPS) is 9.79. The van der Waals surface area contributed by atoms with Crippen LogP contribution in [0, 0.1) is 25.2 Å². The van der Waals surface area contributed by atoms with Crippen molar-refractivity contribution in [2.45, 2.75) is 13.8 Å². The zero-order valence-corrected chi connectivity index (χ0v) is 11.2. The Morgan fingerprint density at radius 3 is 2.53 bits per heavy atom. The first-order valence-electron chi connectivity index (χ1n) is 5.93. The Labute approximate surface area is 112 Å². The van der Waals surface area contributed by atoms with Crippen LogP contribution in [0.4, 0.5) is 17.3 Å². The fraction of sp³-hybridized carbons (Fsp3) is 0.214. The maximum absolute atomic E-state index is 8.93. The van der Waals surface area contributed by atoms with Crippen LogP contribution in [0.25, 0.3) is 0 Å². The molecule has 2 aromatic rings. The molecule has 2 N–H and O–H groups in total. The fourth-order valence-corrected chi connectivity index (χ4v) is 1.72. The highest BCUT2D eigenvalue weighted by atomic mass is 15.1. The maximum atomic E-state index is 8.93. The summed E-state index contributed by atoms with van der Waals surface area (Å²) in [5.41, 5.74) is 2.55. The van der Waals surface area contributed by atoms with Gasteiger partial charge < -0.3 is 10.6 Å². The molecule has 5 nitrogen and oxygen atoms in total. The van der Waals surface area contributed by atoms with E-state index < -0.39 is 0 Å². The van der Waals surface area contributed by atoms with E-state index >= 15 is 0 Å². The van der Waals surface area contributed by atoms with Gasteiger partial charge in [0.25, 0.3) is 0 Å². The van der Waals surface area contributed by atoms with E-state index in [9.17, 15) is 0 Å². The minimum absolute atomic E-state index is 0.618. The lowest BCUT2D eigenvalue weighted by Gasteiger charge is -2.10. The second-order valence-corrected chi connectivity index (χ2v) is 4.20. The smallest absolute Gasteiger partial charge is 0.136 e. The summed E-state index contributed by atoms with van der Waals surface area (Å²) in [6, 6.07) is 9.47. The number of nitrogens with zero attached hydrogens (tertiary/aromatic N) is 3. The second kappa shape index (κ2) is 5.36. The zero-order chi connectivity index (χ0) is 13.8. The topological polar surface area (TPSA) is 73.6 Å². The quantitative estimate of drug-likeness (QED) is 0.879. The Morgan fingerprint density at radius 1 is 1.11 bits per heavy atom. The first kappa shape index (κ1) is 12.8. The number of anilines is 3. The average molecular weight is 253 g/mol. The summed E-state index contributed by atoms with van der Waals surface area (Å²) in [5.74, 6) is 2.14. The summed E-state index contributed by atoms with van der Waals surface area (Å²) in [5, 5.41) is 15.1. The molecule has 1 heterocycles. The largest absolute Gasteiger partial charge is 0.373 e. The summed E-state index contributed by atoms with van der Waals surface area (Å²) in [4.78, 5) is 8.56. The van der Waals surface area contributed by atoms with Gasteiger partial charge in [0.1, 0.15) is 17.5 Å². The fourth-order valence-electron chi connectivity index (χ4n) is 1.72. The highest BCUT2D eigenvalue weighted by molar-refractivity contribution is 5.64. The predicted octanol–water partition coefficient (Wildman–Crippen LogP) is 2.75. The molecule has 0 radical (unpaired) electrons. The number of rotatable bonds is 3. The Balaban J connectivity index is 2.36. The van der Waals surface area contributed by atoms with Gasteiger partial charge in [0, 0.05) is 18.8 Å². The number of aryl methyl sites for hydroxylation is 2. The monoisotopic (exact) mass is 253 g/mol. The highest BCUT2D eigenvalue weighted by Crippen LogP contribution is 2.21. The molecule has 0 aliphatic heterocycles. The Hall–Kier alpha value is -2.61. The summed E-state index contributed by atoms with van der Waals surface area (Å²) in [6.45, 7) is 3.82. The molecule has 96 valence electrons. The third-order valence-corrected chi connectivity index (χ3v) is 2.72. The van der Waals surface area contributed by atoms with Gasteiger partial charge in [-0.2, -0.15) is 5.26 Å². The SMILES string of the molecule is CNc1cc(Nc2cc(C#N)ccc2C)nc(C)n1. The Morgan fingerprint density at radius 2 is 1.84 bits per heavy atom. The molecule has 0 spiro atoms. The summed E-state index contributed by atoms with van der Waals surface area (Å²) in [6.07, 6.45) is 0. The van der Waals surface area contributed by atoms with E-state index in [1.807, 2.05) is 39.1 Å². The van der Waals surface area contributed by atoms with Crippen molar-refractivity contribution in [2.24, 2.45) is 0 Å². The van der Waals surface area contributed by atoms with Gasteiger partial charge in [-0.3, -0.25) is 0 Å². The molecule has 1 aromatic heterocycles. The zero-order valence-electron chi connectivity index (χ0n) is 11.2. The minimum Gasteiger partial charge on any atom is -0.373 e. The van der Waals surface area contributed by atoms with Gasteiger partial charge in [-0.15, -0.1) is 0 Å². The number of aromatic nitrogens is 2. The third-order valence-electron chi connectivity index (χ3n) is 2.72. The molecule has 2 rings (SSSR count). The maximum Gasteiger partial charge on any atom is 0.136 e. The number of benzene rings is 1. The summed E-state index contributed by atoms with van der Waals surface area (Å²) >= 11 is 0. The number of nitrogens with one attached hydrogen (secondary N) is 2. The first-order chi connectivity index (χ1) is 9.12. The molecule has 19 heavy (non-hydrogen) atoms. The van der Waals surface area contributed by atoms with E-state index in [1.54, 1.807) is 6.07 Å². The van der Waals surface area contributed by atoms with E-state index in [2.05, 4.69) is 26.7 Å². The minimum atomic E-state index is 0.618. The first-order valence-corrected chi connectivity index (χ1v) is 5.93. The van der Waals surface area contributed by atoms with E-state index in [4.69, 9.17) is 5.26 Å². The van der Waals surface area contributed by atoms with Crippen LogP contribution >= 0.6 is 0 Å². The van der Waals surface area contributed by atoms with Crippen LogP contribution in [-0.4, -0.2) is 17.0 Å². The van der Waals surface area contributed by atoms with Gasteiger partial charge in [-0.05, 0) is 31.5 Å². The molecular weight excluding hydrogens is 238 g/mol. The highest BCUT2D eigenvalue weighted by Gasteiger charge is 2.04. The summed E-state index contributed by atoms with van der Waals surface area (Å²) < 4.78 is 0. The second-order valence-electron chi connectivity index (χ2n) is 4.20. The van der Waals surface area contributed by atoms with E-state index in [0.29, 0.717) is 17.2 Å². The molecule has 5 heteroatoms. The van der Waals surface area contributed by atoms with Crippen molar-refractivity contribution in [1.82, 2.24) is 9.97 Å². The Bertz CT molecular complexity index is 643. The lowest BCUT2D eigenvalue weighted by Crippen LogP contribution is -2.02. The van der Waals surface area contributed by atoms with Crippen molar-refractivity contribution >= 4 is 17.3 Å². The van der Waals surface area contributed by atoms with Crippen LogP contribution in [0.3, 0.4) is 0 Å². The van der Waals surface area contributed by atoms with Gasteiger partial charge in [0.2, 0.25) is 0 Å². The molecule has 0 bridgehead atoms. The molecule has 0 unspecified atom stereocenters. The third kappa shape index (κ3) is 2.99. The molecule has 0 saturated heterocycles. The van der Waals surface area contributed by atoms with Crippen LogP contribution in [0.2, 0.25) is 0 Å². The van der Waals surface area contributed by atoms with Gasteiger partial charge >= 0.3 is 0 Å². The van der Waals surface area contributed by atoms with Crippen LogP contribution in [0.1, 0.15) is 17.0 Å². The van der Waals surface area contributed by atoms with Crippen LogP contribution in [0.5, 0.6) is 0 Å². The van der Waals surface area contributed by atoms with E-state index in [0.717, 1.165) is 17.1 Å². The van der Waals surface area contributed by atoms with Crippen LogP contribution in [-0.2, 0) is 0 Å². The van der Waals surface area contributed by atoms with Crippen molar-refractivity contribution in [3.8, 4) is 6.07 Å². The lowest BCUT2D eigenvalue weighted by molar-refractivity contribution is 1.05. The van der Waals surface area contributed by atoms with Crippen LogP contribution in [0.15, 0.2) is 24.3 Å². The predicted molar refractivity (Wildman–Crippen MR) is 75.5 cm³/mol. The van der Waals surface area contributed by atoms with Gasteiger partial charge in [0.05, 0.1) is 11.6 Å². The molecular formula is C14H15N5. The van der Waals surface area contributed by atoms with Crippen molar-refractivity contribution < 1.29 is 0 Å². The van der Waals surface area contributed by atoms with Crippen molar-refractivity contribution in [2.75, 3.05) is 17.7 Å². The molecule has 0 saturated carbocycles. The number of nitriles is 1. The molecule has 0 aliphatic carbocycles. The standard InChI is InChI=1S/C14H15N5/c1-9-4-5-11(8-15)6-12(9)19-14-7-13(16-3)17-10(2)18-14/h4-7H,1-3H3,(H2,16,17,18,19). The Kier molecular flexibility index (Phi) is 3.62. The average Bonchev–Trinajstić information content (AvgIpc) is 2.40. The summed E-state index contributed by atoms with van der Waals surface area (Å²) in [7, 11) is 1.81. The number of hydrogen-bond donors (Lipinski definition) is 2. The molecule has 1 aromatic carbocycles. The lowest BCUT2D eigenvalue weighted by atomic mass is 10.1. The van der Waals surface area contributed by atoms with Crippen molar-refractivity contribution in [3.05, 3.63) is 41.2 Å². The number of hydrogen-bond acceptors (Lipinski definition) is 5. The van der Waals surface area contributed by atoms with Crippen molar-refractivity contribution in [3.63, 3.8) is 0 Å². The van der Waals surface area contributed by atoms with Gasteiger partial charge in [-0.25, -0.2) is 9.97 Å². The van der Waals surface area contributed by atoms with Gasteiger partial charge in [-0.1, -0.05) is 6.07 Å².